The number of carbonyl (C=O) groups is 2. The van der Waals surface area contributed by atoms with Crippen molar-refractivity contribution in [2.75, 3.05) is 6.61 Å². The van der Waals surface area contributed by atoms with Gasteiger partial charge in [-0.25, -0.2) is 0 Å². The molecule has 29 heavy (non-hydrogen) atoms. The van der Waals surface area contributed by atoms with Crippen molar-refractivity contribution in [1.82, 2.24) is 0 Å². The molecule has 0 bridgehead atoms. The number of hydrogen-bond donors (Lipinski definition) is 1. The molecule has 166 valence electrons. The van der Waals surface area contributed by atoms with E-state index in [2.05, 4.69) is 27.7 Å². The molecule has 0 spiro atoms. The SMILES string of the molecule is CC(=O)OC/C=C(\C)CC[C@@]1(C)[C@H](C)CC[C@]2(C)[C@@H]1CC[C@@H](OC(C)=O)[C@]2(C)O. The first kappa shape index (κ1) is 23.9. The lowest BCUT2D eigenvalue weighted by molar-refractivity contribution is -0.242. The lowest BCUT2D eigenvalue weighted by Crippen LogP contribution is -2.65. The van der Waals surface area contributed by atoms with Crippen LogP contribution in [0, 0.1) is 22.7 Å². The molecule has 2 aliphatic carbocycles. The van der Waals surface area contributed by atoms with Crippen LogP contribution in [0.3, 0.4) is 0 Å². The number of esters is 2. The van der Waals surface area contributed by atoms with Gasteiger partial charge in [0.05, 0.1) is 0 Å². The Hall–Kier alpha value is -1.36. The summed E-state index contributed by atoms with van der Waals surface area (Å²) < 4.78 is 10.6. The molecular weight excluding hydrogens is 368 g/mol. The normalized spacial score (nSPS) is 40.1. The number of rotatable bonds is 6. The van der Waals surface area contributed by atoms with Gasteiger partial charge in [0.15, 0.2) is 0 Å². The second-order valence-electron chi connectivity index (χ2n) is 10.1. The van der Waals surface area contributed by atoms with Crippen LogP contribution in [0.25, 0.3) is 0 Å². The largest absolute Gasteiger partial charge is 0.462 e. The molecule has 0 aliphatic heterocycles. The van der Waals surface area contributed by atoms with Crippen molar-refractivity contribution in [3.8, 4) is 0 Å². The highest BCUT2D eigenvalue weighted by Gasteiger charge is 2.63. The van der Waals surface area contributed by atoms with Crippen molar-refractivity contribution >= 4 is 11.9 Å². The fraction of sp³-hybridized carbons (Fsp3) is 0.833. The number of aliphatic hydroxyl groups is 1. The molecule has 2 fully saturated rings. The Kier molecular flexibility index (Phi) is 7.25. The smallest absolute Gasteiger partial charge is 0.303 e. The van der Waals surface area contributed by atoms with E-state index >= 15 is 0 Å². The molecule has 0 unspecified atom stereocenters. The van der Waals surface area contributed by atoms with Crippen molar-refractivity contribution in [3.63, 3.8) is 0 Å². The van der Waals surface area contributed by atoms with Crippen molar-refractivity contribution in [1.29, 1.82) is 0 Å². The molecule has 5 nitrogen and oxygen atoms in total. The average molecular weight is 409 g/mol. The van der Waals surface area contributed by atoms with Crippen LogP contribution in [0.15, 0.2) is 11.6 Å². The minimum Gasteiger partial charge on any atom is -0.462 e. The minimum atomic E-state index is -1.04. The van der Waals surface area contributed by atoms with Crippen molar-refractivity contribution < 1.29 is 24.2 Å². The molecule has 0 amide bonds. The van der Waals surface area contributed by atoms with Gasteiger partial charge in [-0.1, -0.05) is 26.3 Å². The third kappa shape index (κ3) is 4.70. The Bertz CT molecular complexity index is 652. The lowest BCUT2D eigenvalue weighted by atomic mass is 9.43. The molecule has 5 heteroatoms. The van der Waals surface area contributed by atoms with Crippen LogP contribution < -0.4 is 0 Å². The van der Waals surface area contributed by atoms with Crippen LogP contribution in [0.4, 0.5) is 0 Å². The van der Waals surface area contributed by atoms with Crippen molar-refractivity contribution in [2.24, 2.45) is 22.7 Å². The summed E-state index contributed by atoms with van der Waals surface area (Å²) in [4.78, 5) is 22.5. The van der Waals surface area contributed by atoms with Crippen LogP contribution in [0.2, 0.25) is 0 Å². The Morgan fingerprint density at radius 3 is 2.31 bits per heavy atom. The number of carbonyl (C=O) groups excluding carboxylic acids is 2. The fourth-order valence-corrected chi connectivity index (χ4v) is 5.98. The number of ether oxygens (including phenoxy) is 2. The molecule has 0 radical (unpaired) electrons. The number of hydrogen-bond acceptors (Lipinski definition) is 5. The summed E-state index contributed by atoms with van der Waals surface area (Å²) >= 11 is 0. The summed E-state index contributed by atoms with van der Waals surface area (Å²) in [6, 6.07) is 0. The summed E-state index contributed by atoms with van der Waals surface area (Å²) in [5.41, 5.74) is -0.00722. The van der Waals surface area contributed by atoms with E-state index < -0.39 is 11.7 Å². The zero-order chi connectivity index (χ0) is 22.0. The lowest BCUT2D eigenvalue weighted by Gasteiger charge is -2.64. The Morgan fingerprint density at radius 2 is 1.72 bits per heavy atom. The number of fused-ring (bicyclic) bond motifs is 1. The van der Waals surface area contributed by atoms with Gasteiger partial charge in [-0.3, -0.25) is 9.59 Å². The number of allylic oxidation sites excluding steroid dienone is 1. The molecule has 0 aromatic carbocycles. The van der Waals surface area contributed by atoms with Gasteiger partial charge in [-0.05, 0) is 75.7 Å². The minimum absolute atomic E-state index is 0.0920. The van der Waals surface area contributed by atoms with Gasteiger partial charge < -0.3 is 14.6 Å². The molecular formula is C24H40O5. The monoisotopic (exact) mass is 408 g/mol. The summed E-state index contributed by atoms with van der Waals surface area (Å²) in [6.07, 6.45) is 7.20. The van der Waals surface area contributed by atoms with Gasteiger partial charge in [-0.15, -0.1) is 0 Å². The molecule has 0 heterocycles. The topological polar surface area (TPSA) is 72.8 Å². The summed E-state index contributed by atoms with van der Waals surface area (Å²) in [7, 11) is 0. The zero-order valence-electron chi connectivity index (χ0n) is 19.3. The fourth-order valence-electron chi connectivity index (χ4n) is 5.98. The third-order valence-corrected chi connectivity index (χ3v) is 8.37. The molecule has 6 atom stereocenters. The molecule has 0 saturated heterocycles. The molecule has 2 saturated carbocycles. The summed E-state index contributed by atoms with van der Waals surface area (Å²) in [5.74, 6) is 0.340. The predicted molar refractivity (Wildman–Crippen MR) is 113 cm³/mol. The van der Waals surface area contributed by atoms with E-state index in [-0.39, 0.29) is 22.8 Å². The van der Waals surface area contributed by atoms with Crippen LogP contribution in [-0.2, 0) is 19.1 Å². The second kappa shape index (κ2) is 8.79. The highest BCUT2D eigenvalue weighted by molar-refractivity contribution is 5.66. The van der Waals surface area contributed by atoms with E-state index in [0.717, 1.165) is 32.1 Å². The maximum atomic E-state index is 11.6. The first-order valence-corrected chi connectivity index (χ1v) is 11.0. The van der Waals surface area contributed by atoms with Gasteiger partial charge >= 0.3 is 11.9 Å². The molecule has 2 rings (SSSR count). The van der Waals surface area contributed by atoms with Crippen LogP contribution in [0.5, 0.6) is 0 Å². The van der Waals surface area contributed by atoms with Crippen LogP contribution in [-0.4, -0.2) is 35.4 Å². The Balaban J connectivity index is 2.20. The predicted octanol–water partition coefficient (Wildman–Crippen LogP) is 4.81. The van der Waals surface area contributed by atoms with E-state index in [1.54, 1.807) is 0 Å². The first-order valence-electron chi connectivity index (χ1n) is 11.0. The molecule has 0 aromatic heterocycles. The highest BCUT2D eigenvalue weighted by Crippen LogP contribution is 2.64. The van der Waals surface area contributed by atoms with Gasteiger partial charge in [0, 0.05) is 19.3 Å². The highest BCUT2D eigenvalue weighted by atomic mass is 16.6. The van der Waals surface area contributed by atoms with E-state index in [0.29, 0.717) is 24.9 Å². The van der Waals surface area contributed by atoms with Crippen molar-refractivity contribution in [3.05, 3.63) is 11.6 Å². The maximum absolute atomic E-state index is 11.6. The van der Waals surface area contributed by atoms with Gasteiger partial charge in [0.25, 0.3) is 0 Å². The average Bonchev–Trinajstić information content (AvgIpc) is 2.60. The van der Waals surface area contributed by atoms with E-state index in [1.165, 1.54) is 19.4 Å². The van der Waals surface area contributed by atoms with Gasteiger partial charge in [0.2, 0.25) is 0 Å². The zero-order valence-corrected chi connectivity index (χ0v) is 19.3. The maximum Gasteiger partial charge on any atom is 0.303 e. The van der Waals surface area contributed by atoms with Crippen molar-refractivity contribution in [2.45, 2.75) is 98.7 Å². The van der Waals surface area contributed by atoms with Crippen LogP contribution in [0.1, 0.15) is 87.0 Å². The summed E-state index contributed by atoms with van der Waals surface area (Å²) in [5, 5.41) is 11.6. The first-order chi connectivity index (χ1) is 13.3. The van der Waals surface area contributed by atoms with E-state index in [9.17, 15) is 14.7 Å². The molecule has 2 aliphatic rings. The second-order valence-corrected chi connectivity index (χ2v) is 10.1. The Labute approximate surface area is 176 Å². The quantitative estimate of drug-likeness (QED) is 0.504. The molecule has 0 aromatic rings. The van der Waals surface area contributed by atoms with Gasteiger partial charge in [0.1, 0.15) is 18.3 Å². The molecule has 1 N–H and O–H groups in total. The van der Waals surface area contributed by atoms with E-state index in [1.807, 2.05) is 13.0 Å². The third-order valence-electron chi connectivity index (χ3n) is 8.37. The van der Waals surface area contributed by atoms with Crippen LogP contribution >= 0.6 is 0 Å². The van der Waals surface area contributed by atoms with Gasteiger partial charge in [-0.2, -0.15) is 0 Å². The van der Waals surface area contributed by atoms with E-state index in [4.69, 9.17) is 9.47 Å². The Morgan fingerprint density at radius 1 is 1.07 bits per heavy atom. The standard InChI is InChI=1S/C24H40O5/c1-16(12-15-28-18(3)25)10-13-22(5)17(2)11-14-23(6)20(22)8-9-21(24(23,7)27)29-19(4)26/h12,17,20-21,27H,8-11,13-15H2,1-7H3/b16-12+/t17-,20-,21-,22+,23-,24+/m1/s1. The summed E-state index contributed by atoms with van der Waals surface area (Å²) in [6.45, 7) is 14.0.